The molecule has 15 heavy (non-hydrogen) atoms. The van der Waals surface area contributed by atoms with E-state index in [-0.39, 0.29) is 24.0 Å². The number of methoxy groups -OCH3 is 1. The van der Waals surface area contributed by atoms with Gasteiger partial charge in [0, 0.05) is 19.8 Å². The van der Waals surface area contributed by atoms with Gasteiger partial charge in [-0.3, -0.25) is 0 Å². The van der Waals surface area contributed by atoms with Crippen LogP contribution in [0.1, 0.15) is 20.3 Å². The first-order valence-electron chi connectivity index (χ1n) is 5.09. The van der Waals surface area contributed by atoms with Crippen LogP contribution >= 0.6 is 0 Å². The van der Waals surface area contributed by atoms with E-state index >= 15 is 0 Å². The monoisotopic (exact) mass is 237 g/mol. The van der Waals surface area contributed by atoms with Crippen LogP contribution in [0, 0.1) is 0 Å². The topological polar surface area (TPSA) is 64.6 Å². The lowest BCUT2D eigenvalue weighted by Crippen LogP contribution is -2.42. The number of rotatable bonds is 5. The van der Waals surface area contributed by atoms with Crippen molar-refractivity contribution in [3.8, 4) is 0 Å². The molecular formula is C9H19NO4S. The lowest BCUT2D eigenvalue weighted by molar-refractivity contribution is 0.116. The molecule has 3 atom stereocenters. The van der Waals surface area contributed by atoms with Crippen LogP contribution in [0.15, 0.2) is 0 Å². The van der Waals surface area contributed by atoms with Crippen molar-refractivity contribution in [3.63, 3.8) is 0 Å². The summed E-state index contributed by atoms with van der Waals surface area (Å²) >= 11 is 0. The normalized spacial score (nSPS) is 29.3. The predicted molar refractivity (Wildman–Crippen MR) is 57.2 cm³/mol. The molecule has 0 saturated carbocycles. The van der Waals surface area contributed by atoms with E-state index in [4.69, 9.17) is 9.47 Å². The van der Waals surface area contributed by atoms with Gasteiger partial charge in [0.05, 0.1) is 18.0 Å². The molecule has 5 nitrogen and oxygen atoms in total. The first-order valence-corrected chi connectivity index (χ1v) is 6.74. The van der Waals surface area contributed by atoms with E-state index in [0.717, 1.165) is 6.42 Å². The van der Waals surface area contributed by atoms with Crippen LogP contribution in [0.3, 0.4) is 0 Å². The van der Waals surface area contributed by atoms with Crippen molar-refractivity contribution in [1.82, 2.24) is 4.72 Å². The fourth-order valence-corrected chi connectivity index (χ4v) is 3.16. The Bertz CT molecular complexity index is 290. The lowest BCUT2D eigenvalue weighted by Gasteiger charge is -2.17. The zero-order chi connectivity index (χ0) is 11.5. The summed E-state index contributed by atoms with van der Waals surface area (Å²) in [7, 11) is -1.76. The molecule has 1 saturated heterocycles. The standard InChI is InChI=1S/C9H19NO4S/c1-7(13-3)6-15(11,12)10-9-4-5-14-8(9)2/h7-10H,4-6H2,1-3H3. The number of ether oxygens (including phenoxy) is 2. The molecule has 1 heterocycles. The molecule has 90 valence electrons. The molecular weight excluding hydrogens is 218 g/mol. The quantitative estimate of drug-likeness (QED) is 0.737. The van der Waals surface area contributed by atoms with Gasteiger partial charge in [0.15, 0.2) is 0 Å². The molecule has 1 fully saturated rings. The predicted octanol–water partition coefficient (Wildman–Crippen LogP) is 0.118. The maximum Gasteiger partial charge on any atom is 0.214 e. The summed E-state index contributed by atoms with van der Waals surface area (Å²) in [6, 6.07) is -0.0981. The third kappa shape index (κ3) is 4.06. The second kappa shape index (κ2) is 5.25. The van der Waals surface area contributed by atoms with Crippen LogP contribution in [0.2, 0.25) is 0 Å². The Morgan fingerprint density at radius 3 is 2.73 bits per heavy atom. The highest BCUT2D eigenvalue weighted by Gasteiger charge is 2.28. The molecule has 1 aliphatic heterocycles. The highest BCUT2D eigenvalue weighted by molar-refractivity contribution is 7.89. The molecule has 1 aliphatic rings. The molecule has 0 spiro atoms. The van der Waals surface area contributed by atoms with Gasteiger partial charge in [0.2, 0.25) is 10.0 Å². The van der Waals surface area contributed by atoms with E-state index in [9.17, 15) is 8.42 Å². The van der Waals surface area contributed by atoms with Crippen molar-refractivity contribution in [2.75, 3.05) is 19.5 Å². The van der Waals surface area contributed by atoms with Crippen LogP contribution in [-0.2, 0) is 19.5 Å². The maximum absolute atomic E-state index is 11.7. The van der Waals surface area contributed by atoms with Gasteiger partial charge in [-0.1, -0.05) is 0 Å². The molecule has 1 N–H and O–H groups in total. The Morgan fingerprint density at radius 2 is 2.27 bits per heavy atom. The highest BCUT2D eigenvalue weighted by Crippen LogP contribution is 2.13. The first-order chi connectivity index (χ1) is 6.94. The molecule has 0 aromatic heterocycles. The Kier molecular flexibility index (Phi) is 4.51. The molecule has 0 radical (unpaired) electrons. The van der Waals surface area contributed by atoms with Gasteiger partial charge >= 0.3 is 0 Å². The smallest absolute Gasteiger partial charge is 0.214 e. The fraction of sp³-hybridized carbons (Fsp3) is 1.00. The van der Waals surface area contributed by atoms with Crippen LogP contribution in [0.4, 0.5) is 0 Å². The summed E-state index contributed by atoms with van der Waals surface area (Å²) < 4.78 is 36.2. The SMILES string of the molecule is COC(C)CS(=O)(=O)NC1CCOC1C. The van der Waals surface area contributed by atoms with Gasteiger partial charge in [-0.15, -0.1) is 0 Å². The van der Waals surface area contributed by atoms with Gasteiger partial charge in [0.1, 0.15) is 0 Å². The minimum atomic E-state index is -3.26. The molecule has 3 unspecified atom stereocenters. The van der Waals surface area contributed by atoms with Crippen molar-refractivity contribution in [3.05, 3.63) is 0 Å². The van der Waals surface area contributed by atoms with E-state index < -0.39 is 10.0 Å². The molecule has 0 bridgehead atoms. The zero-order valence-corrected chi connectivity index (χ0v) is 10.2. The average molecular weight is 237 g/mol. The van der Waals surface area contributed by atoms with E-state index in [1.807, 2.05) is 6.92 Å². The Labute approximate surface area is 91.2 Å². The van der Waals surface area contributed by atoms with E-state index in [1.54, 1.807) is 6.92 Å². The Hall–Kier alpha value is -0.170. The number of sulfonamides is 1. The number of hydrogen-bond acceptors (Lipinski definition) is 4. The largest absolute Gasteiger partial charge is 0.381 e. The minimum absolute atomic E-state index is 0.00722. The van der Waals surface area contributed by atoms with Crippen molar-refractivity contribution < 1.29 is 17.9 Å². The van der Waals surface area contributed by atoms with E-state index in [0.29, 0.717) is 6.61 Å². The maximum atomic E-state index is 11.7. The van der Waals surface area contributed by atoms with Crippen LogP contribution in [0.25, 0.3) is 0 Å². The molecule has 0 aliphatic carbocycles. The molecule has 0 amide bonds. The van der Waals surface area contributed by atoms with Gasteiger partial charge in [-0.05, 0) is 20.3 Å². The lowest BCUT2D eigenvalue weighted by atomic mass is 10.2. The van der Waals surface area contributed by atoms with E-state index in [2.05, 4.69) is 4.72 Å². The van der Waals surface area contributed by atoms with Gasteiger partial charge in [-0.2, -0.15) is 0 Å². The Balaban J connectivity index is 2.48. The van der Waals surface area contributed by atoms with E-state index in [1.165, 1.54) is 7.11 Å². The average Bonchev–Trinajstić information content (AvgIpc) is 2.50. The minimum Gasteiger partial charge on any atom is -0.381 e. The van der Waals surface area contributed by atoms with Crippen molar-refractivity contribution in [2.24, 2.45) is 0 Å². The van der Waals surface area contributed by atoms with Gasteiger partial charge in [-0.25, -0.2) is 13.1 Å². The summed E-state index contributed by atoms with van der Waals surface area (Å²) in [6.07, 6.45) is 0.402. The van der Waals surface area contributed by atoms with Gasteiger partial charge in [0.25, 0.3) is 0 Å². The van der Waals surface area contributed by atoms with Crippen molar-refractivity contribution in [1.29, 1.82) is 0 Å². The summed E-state index contributed by atoms with van der Waals surface area (Å²) in [5.41, 5.74) is 0. The third-order valence-electron chi connectivity index (χ3n) is 2.56. The second-order valence-corrected chi connectivity index (χ2v) is 5.72. The number of hydrogen-bond donors (Lipinski definition) is 1. The second-order valence-electron chi connectivity index (χ2n) is 3.92. The zero-order valence-electron chi connectivity index (χ0n) is 9.39. The van der Waals surface area contributed by atoms with Gasteiger partial charge < -0.3 is 9.47 Å². The summed E-state index contributed by atoms with van der Waals surface area (Å²) in [6.45, 7) is 4.22. The van der Waals surface area contributed by atoms with Crippen molar-refractivity contribution in [2.45, 2.75) is 38.5 Å². The molecule has 6 heteroatoms. The Morgan fingerprint density at radius 1 is 1.60 bits per heavy atom. The summed E-state index contributed by atoms with van der Waals surface area (Å²) in [4.78, 5) is 0. The summed E-state index contributed by atoms with van der Waals surface area (Å²) in [5.74, 6) is -0.00722. The van der Waals surface area contributed by atoms with Crippen LogP contribution < -0.4 is 4.72 Å². The highest BCUT2D eigenvalue weighted by atomic mass is 32.2. The number of nitrogens with one attached hydrogen (secondary N) is 1. The van der Waals surface area contributed by atoms with Crippen LogP contribution in [-0.4, -0.2) is 46.1 Å². The molecule has 0 aromatic rings. The molecule has 1 rings (SSSR count). The third-order valence-corrected chi connectivity index (χ3v) is 4.13. The summed E-state index contributed by atoms with van der Waals surface area (Å²) in [5, 5.41) is 0. The molecule has 0 aromatic carbocycles. The first kappa shape index (κ1) is 12.9. The fourth-order valence-electron chi connectivity index (χ4n) is 1.54. The van der Waals surface area contributed by atoms with Crippen LogP contribution in [0.5, 0.6) is 0 Å². The van der Waals surface area contributed by atoms with Crippen molar-refractivity contribution >= 4 is 10.0 Å².